The number of oxime groups is 1. The van der Waals surface area contributed by atoms with Crippen molar-refractivity contribution in [3.63, 3.8) is 0 Å². The summed E-state index contributed by atoms with van der Waals surface area (Å²) in [7, 11) is 0. The van der Waals surface area contributed by atoms with Crippen LogP contribution in [0.15, 0.2) is 45.5 Å². The van der Waals surface area contributed by atoms with Crippen molar-refractivity contribution in [3.8, 4) is 0 Å². The molecule has 246 valence electrons. The van der Waals surface area contributed by atoms with E-state index in [1.54, 1.807) is 0 Å². The van der Waals surface area contributed by atoms with Crippen molar-refractivity contribution in [1.82, 2.24) is 0 Å². The summed E-state index contributed by atoms with van der Waals surface area (Å²) in [5.41, 5.74) is 2.74. The van der Waals surface area contributed by atoms with Crippen molar-refractivity contribution in [2.24, 2.45) is 55.4 Å². The van der Waals surface area contributed by atoms with Crippen LogP contribution in [0.3, 0.4) is 0 Å². The van der Waals surface area contributed by atoms with Gasteiger partial charge in [-0.15, -0.1) is 0 Å². The molecule has 5 nitrogen and oxygen atoms in total. The van der Waals surface area contributed by atoms with Gasteiger partial charge in [-0.3, -0.25) is 9.59 Å². The van der Waals surface area contributed by atoms with Crippen LogP contribution in [0.1, 0.15) is 119 Å². The molecule has 0 aliphatic heterocycles. The number of fused-ring (bicyclic) bond motifs is 7. The smallest absolute Gasteiger partial charge is 0.311 e. The van der Waals surface area contributed by atoms with Crippen molar-refractivity contribution < 1.29 is 19.2 Å². The Labute approximate surface area is 279 Å². The highest BCUT2D eigenvalue weighted by Crippen LogP contribution is 2.75. The summed E-state index contributed by atoms with van der Waals surface area (Å²) in [6.07, 6.45) is 11.0. The van der Waals surface area contributed by atoms with Gasteiger partial charge in [0.2, 0.25) is 0 Å². The van der Waals surface area contributed by atoms with Crippen molar-refractivity contribution in [2.45, 2.75) is 120 Å². The number of carbonyl (C=O) groups excluding carboxylic acids is 2. The van der Waals surface area contributed by atoms with Crippen LogP contribution in [0, 0.1) is 50.2 Å². The molecule has 0 saturated heterocycles. The molecule has 8 atom stereocenters. The van der Waals surface area contributed by atoms with Crippen LogP contribution in [-0.4, -0.2) is 24.1 Å². The van der Waals surface area contributed by atoms with E-state index in [4.69, 9.17) is 14.7 Å². The standard InChI is InChI=1S/C39H54BrNO4/c1-9-44-33(43)36(5)19-18-35(4)20-21-38(7)27(28(35)23-36)22-29(42)32-37(6)16-15-31(34(2,3)30(37)14-17-39(32,38)8)41-45-24-25-10-12-26(40)13-11-25/h10-13,22,28,30,32H,9,14-21,23-24H2,1-8H3/b41-31+/t28-,30-,32+,35+,36-,37-,38+,39+/m0/s1. The van der Waals surface area contributed by atoms with E-state index in [0.717, 1.165) is 73.5 Å². The Kier molecular flexibility index (Phi) is 8.10. The summed E-state index contributed by atoms with van der Waals surface area (Å²) < 4.78 is 6.65. The van der Waals surface area contributed by atoms with Gasteiger partial charge in [-0.1, -0.05) is 80.3 Å². The van der Waals surface area contributed by atoms with E-state index in [0.29, 0.717) is 24.9 Å². The molecule has 1 aromatic carbocycles. The lowest BCUT2D eigenvalue weighted by Crippen LogP contribution is -2.66. The molecule has 6 heteroatoms. The number of esters is 1. The van der Waals surface area contributed by atoms with Crippen molar-refractivity contribution in [1.29, 1.82) is 0 Å². The fourth-order valence-corrected chi connectivity index (χ4v) is 11.7. The molecule has 4 saturated carbocycles. The Morgan fingerprint density at radius 3 is 2.33 bits per heavy atom. The van der Waals surface area contributed by atoms with Gasteiger partial charge >= 0.3 is 5.97 Å². The molecule has 0 bridgehead atoms. The van der Waals surface area contributed by atoms with Gasteiger partial charge in [-0.25, -0.2) is 0 Å². The molecule has 1 aromatic rings. The first-order valence-electron chi connectivity index (χ1n) is 17.4. The largest absolute Gasteiger partial charge is 0.466 e. The highest BCUT2D eigenvalue weighted by atomic mass is 79.9. The van der Waals surface area contributed by atoms with Crippen LogP contribution in [0.4, 0.5) is 0 Å². The molecule has 6 rings (SSSR count). The topological polar surface area (TPSA) is 65.0 Å². The Balaban J connectivity index is 1.30. The van der Waals surface area contributed by atoms with Crippen LogP contribution < -0.4 is 0 Å². The van der Waals surface area contributed by atoms with Gasteiger partial charge in [-0.2, -0.15) is 0 Å². The number of halogens is 1. The number of allylic oxidation sites excluding steroid dienone is 2. The predicted molar refractivity (Wildman–Crippen MR) is 182 cm³/mol. The van der Waals surface area contributed by atoms with Crippen molar-refractivity contribution in [2.75, 3.05) is 6.61 Å². The summed E-state index contributed by atoms with van der Waals surface area (Å²) in [6.45, 7) is 19.3. The van der Waals surface area contributed by atoms with E-state index in [2.05, 4.69) is 82.6 Å². The lowest BCUT2D eigenvalue weighted by molar-refractivity contribution is -0.177. The van der Waals surface area contributed by atoms with E-state index < -0.39 is 5.41 Å². The number of hydrogen-bond acceptors (Lipinski definition) is 5. The zero-order chi connectivity index (χ0) is 32.6. The lowest BCUT2D eigenvalue weighted by atomic mass is 9.33. The molecule has 4 fully saturated rings. The Morgan fingerprint density at radius 2 is 1.64 bits per heavy atom. The molecule has 45 heavy (non-hydrogen) atoms. The summed E-state index contributed by atoms with van der Waals surface area (Å²) in [4.78, 5) is 33.8. The maximum absolute atomic E-state index is 14.7. The number of ketones is 1. The Bertz CT molecular complexity index is 1430. The van der Waals surface area contributed by atoms with Crippen LogP contribution in [0.5, 0.6) is 0 Å². The van der Waals surface area contributed by atoms with Crippen LogP contribution in [0.2, 0.25) is 0 Å². The van der Waals surface area contributed by atoms with Gasteiger partial charge in [0.25, 0.3) is 0 Å². The van der Waals surface area contributed by atoms with Gasteiger partial charge in [-0.05, 0) is 129 Å². The normalized spacial score (nSPS) is 42.9. The molecule has 5 aliphatic rings. The number of carbonyl (C=O) groups is 2. The third-order valence-electron chi connectivity index (χ3n) is 14.4. The Morgan fingerprint density at radius 1 is 0.956 bits per heavy atom. The number of hydrogen-bond donors (Lipinski definition) is 0. The van der Waals surface area contributed by atoms with E-state index >= 15 is 0 Å². The molecular formula is C39H54BrNO4. The fourth-order valence-electron chi connectivity index (χ4n) is 11.4. The minimum Gasteiger partial charge on any atom is -0.466 e. The third-order valence-corrected chi connectivity index (χ3v) is 15.0. The monoisotopic (exact) mass is 679 g/mol. The third kappa shape index (κ3) is 4.92. The molecule has 0 amide bonds. The zero-order valence-corrected chi connectivity index (χ0v) is 30.4. The number of ether oxygens (including phenoxy) is 1. The van der Waals surface area contributed by atoms with Crippen molar-refractivity contribution >= 4 is 33.4 Å². The molecule has 0 radical (unpaired) electrons. The minimum absolute atomic E-state index is 0.0219. The lowest BCUT2D eigenvalue weighted by Gasteiger charge is -2.70. The summed E-state index contributed by atoms with van der Waals surface area (Å²) in [6, 6.07) is 8.18. The first-order valence-corrected chi connectivity index (χ1v) is 18.2. The Hall–Kier alpha value is -1.95. The van der Waals surface area contributed by atoms with Crippen LogP contribution >= 0.6 is 15.9 Å². The molecule has 0 N–H and O–H groups in total. The highest BCUT2D eigenvalue weighted by molar-refractivity contribution is 9.10. The van der Waals surface area contributed by atoms with E-state index in [1.807, 2.05) is 19.1 Å². The quantitative estimate of drug-likeness (QED) is 0.230. The first-order chi connectivity index (χ1) is 21.0. The van der Waals surface area contributed by atoms with Gasteiger partial charge in [0.15, 0.2) is 5.78 Å². The molecule has 0 spiro atoms. The molecular weight excluding hydrogens is 626 g/mol. The fraction of sp³-hybridized carbons (Fsp3) is 0.718. The van der Waals surface area contributed by atoms with Gasteiger partial charge in [0, 0.05) is 15.8 Å². The summed E-state index contributed by atoms with van der Waals surface area (Å²) >= 11 is 3.50. The van der Waals surface area contributed by atoms with E-state index in [-0.39, 0.29) is 44.9 Å². The second-order valence-electron chi connectivity index (χ2n) is 17.1. The number of rotatable bonds is 5. The SMILES string of the molecule is CCOC(=O)[C@@]1(C)CC[C@]2(C)CC[C@]3(C)C(=CC(=O)[C@@H]4[C@@]5(C)CC/C(=N\OCc6ccc(Br)cc6)C(C)(C)[C@@H]5CC[C@]43C)[C@@H]2C1. The average Bonchev–Trinajstić information content (AvgIpc) is 2.97. The second kappa shape index (κ2) is 11.1. The van der Waals surface area contributed by atoms with Crippen LogP contribution in [-0.2, 0) is 25.8 Å². The van der Waals surface area contributed by atoms with E-state index in [9.17, 15) is 9.59 Å². The maximum Gasteiger partial charge on any atom is 0.311 e. The maximum atomic E-state index is 14.7. The molecule has 5 aliphatic carbocycles. The molecule has 0 heterocycles. The van der Waals surface area contributed by atoms with Crippen LogP contribution in [0.25, 0.3) is 0 Å². The minimum atomic E-state index is -0.494. The van der Waals surface area contributed by atoms with Gasteiger partial charge < -0.3 is 9.57 Å². The zero-order valence-electron chi connectivity index (χ0n) is 28.9. The summed E-state index contributed by atoms with van der Waals surface area (Å²) in [5, 5.41) is 4.76. The molecule has 0 aromatic heterocycles. The summed E-state index contributed by atoms with van der Waals surface area (Å²) in [5.74, 6) is 0.821. The molecule has 0 unspecified atom stereocenters. The second-order valence-corrected chi connectivity index (χ2v) is 18.0. The number of nitrogens with zero attached hydrogens (tertiary/aromatic N) is 1. The van der Waals surface area contributed by atoms with Gasteiger partial charge in [0.1, 0.15) is 6.61 Å². The average molecular weight is 681 g/mol. The predicted octanol–water partition coefficient (Wildman–Crippen LogP) is 9.87. The van der Waals surface area contributed by atoms with E-state index in [1.165, 1.54) is 5.57 Å². The number of benzene rings is 1. The highest BCUT2D eigenvalue weighted by Gasteiger charge is 2.70. The first kappa shape index (κ1) is 33.0. The van der Waals surface area contributed by atoms with Gasteiger partial charge in [0.05, 0.1) is 17.7 Å². The van der Waals surface area contributed by atoms with Crippen molar-refractivity contribution in [3.05, 3.63) is 46.0 Å².